The summed E-state index contributed by atoms with van der Waals surface area (Å²) >= 11 is 0. The maximum Gasteiger partial charge on any atom is 0.261 e. The molecular formula is C58H70O9Si2. The highest BCUT2D eigenvalue weighted by Gasteiger charge is 2.51. The second kappa shape index (κ2) is 29.0. The van der Waals surface area contributed by atoms with Gasteiger partial charge < -0.3 is 42.7 Å². The van der Waals surface area contributed by atoms with Gasteiger partial charge in [-0.1, -0.05) is 175 Å². The van der Waals surface area contributed by atoms with Crippen molar-refractivity contribution in [1.82, 2.24) is 0 Å². The quantitative estimate of drug-likeness (QED) is 0.0357. The van der Waals surface area contributed by atoms with Crippen LogP contribution in [0.1, 0.15) is 41.5 Å². The molecule has 9 nitrogen and oxygen atoms in total. The Morgan fingerprint density at radius 1 is 0.464 bits per heavy atom. The van der Waals surface area contributed by atoms with Crippen molar-refractivity contribution in [3.05, 3.63) is 170 Å². The molecule has 0 radical (unpaired) electrons. The van der Waals surface area contributed by atoms with Gasteiger partial charge in [0.05, 0.1) is 46.2 Å². The predicted molar refractivity (Wildman–Crippen MR) is 285 cm³/mol. The van der Waals surface area contributed by atoms with E-state index in [-0.39, 0.29) is 35.6 Å². The van der Waals surface area contributed by atoms with Crippen molar-refractivity contribution in [2.24, 2.45) is 0 Å². The molecule has 0 unspecified atom stereocenters. The molecule has 1 aliphatic heterocycles. The Balaban J connectivity index is 0.000000248. The summed E-state index contributed by atoms with van der Waals surface area (Å²) in [6.07, 6.45) is 10.2. The fraction of sp³-hybridized carbons (Fsp3) is 0.310. The van der Waals surface area contributed by atoms with Crippen LogP contribution >= 0.6 is 0 Å². The maximum atomic E-state index is 9.29. The molecule has 0 aromatic heterocycles. The highest BCUT2D eigenvalue weighted by atomic mass is 28.4. The molecule has 0 amide bonds. The Bertz CT molecular complexity index is 2290. The Morgan fingerprint density at radius 2 is 0.783 bits per heavy atom. The van der Waals surface area contributed by atoms with E-state index in [1.165, 1.54) is 20.7 Å². The second-order valence-electron chi connectivity index (χ2n) is 17.8. The van der Waals surface area contributed by atoms with E-state index in [9.17, 15) is 5.11 Å². The molecule has 0 saturated carbocycles. The minimum absolute atomic E-state index is 0.0229. The van der Waals surface area contributed by atoms with Crippen LogP contribution in [-0.2, 0) is 18.3 Å². The minimum atomic E-state index is -2.52. The summed E-state index contributed by atoms with van der Waals surface area (Å²) in [5, 5.41) is 23.1. The van der Waals surface area contributed by atoms with Crippen LogP contribution in [0.2, 0.25) is 10.1 Å². The van der Waals surface area contributed by atoms with Crippen molar-refractivity contribution < 1.29 is 42.7 Å². The number of rotatable bonds is 19. The Morgan fingerprint density at radius 3 is 1.10 bits per heavy atom. The third-order valence-corrected chi connectivity index (χ3v) is 20.9. The van der Waals surface area contributed by atoms with Gasteiger partial charge >= 0.3 is 0 Å². The van der Waals surface area contributed by atoms with Gasteiger partial charge in [-0.2, -0.15) is 0 Å². The van der Waals surface area contributed by atoms with Crippen LogP contribution in [0.4, 0.5) is 0 Å². The number of aliphatic hydroxyl groups is 1. The lowest BCUT2D eigenvalue weighted by Crippen LogP contribution is -2.66. The summed E-state index contributed by atoms with van der Waals surface area (Å²) in [4.78, 5) is 0. The molecule has 1 aliphatic rings. The van der Waals surface area contributed by atoms with E-state index in [0.29, 0.717) is 38.8 Å². The van der Waals surface area contributed by atoms with Gasteiger partial charge in [0.2, 0.25) is 0 Å². The second-order valence-corrected chi connectivity index (χ2v) is 26.4. The molecule has 2 N–H and O–H groups in total. The van der Waals surface area contributed by atoms with Crippen molar-refractivity contribution in [3.63, 3.8) is 0 Å². The highest BCUT2D eigenvalue weighted by molar-refractivity contribution is 7.00. The summed E-state index contributed by atoms with van der Waals surface area (Å²) in [5.74, 6) is 7.17. The van der Waals surface area contributed by atoms with Crippen LogP contribution < -0.4 is 35.0 Å². The number of phenols is 1. The molecule has 1 heterocycles. The highest BCUT2D eigenvalue weighted by Crippen LogP contribution is 2.37. The molecule has 1 saturated heterocycles. The molecule has 0 aliphatic carbocycles. The van der Waals surface area contributed by atoms with Crippen molar-refractivity contribution >= 4 is 37.4 Å². The summed E-state index contributed by atoms with van der Waals surface area (Å²) in [6.45, 7) is 18.4. The van der Waals surface area contributed by atoms with E-state index in [2.05, 4.69) is 167 Å². The molecule has 1 fully saturated rings. The van der Waals surface area contributed by atoms with E-state index in [1.807, 2.05) is 36.4 Å². The zero-order chi connectivity index (χ0) is 49.9. The normalized spacial score (nSPS) is 11.9. The lowest BCUT2D eigenvalue weighted by atomic mass is 10.2. The molecule has 0 bridgehead atoms. The first-order valence-corrected chi connectivity index (χ1v) is 27.0. The first-order chi connectivity index (χ1) is 33.3. The number of hydrogen-bond donors (Lipinski definition) is 2. The average molecular weight is 967 g/mol. The monoisotopic (exact) mass is 966 g/mol. The summed E-state index contributed by atoms with van der Waals surface area (Å²) in [7, 11) is -4.95. The third kappa shape index (κ3) is 17.4. The van der Waals surface area contributed by atoms with Gasteiger partial charge in [0.25, 0.3) is 16.6 Å². The van der Waals surface area contributed by atoms with Gasteiger partial charge in [-0.15, -0.1) is 12.8 Å². The first-order valence-electron chi connectivity index (χ1n) is 23.2. The van der Waals surface area contributed by atoms with Crippen molar-refractivity contribution in [3.8, 4) is 47.7 Å². The van der Waals surface area contributed by atoms with Gasteiger partial charge in [-0.3, -0.25) is 0 Å². The molecule has 11 heteroatoms. The fourth-order valence-electron chi connectivity index (χ4n) is 7.72. The summed E-state index contributed by atoms with van der Waals surface area (Å²) < 4.78 is 39.7. The number of epoxide rings is 1. The lowest BCUT2D eigenvalue weighted by molar-refractivity contribution is 0.0741. The van der Waals surface area contributed by atoms with E-state index < -0.39 is 16.6 Å². The number of terminal acetylenes is 2. The zero-order valence-corrected chi connectivity index (χ0v) is 43.1. The van der Waals surface area contributed by atoms with E-state index in [0.717, 1.165) is 24.7 Å². The van der Waals surface area contributed by atoms with E-state index in [4.69, 9.17) is 45.8 Å². The molecule has 364 valence electrons. The van der Waals surface area contributed by atoms with E-state index >= 15 is 0 Å². The molecule has 7 rings (SSSR count). The molecule has 6 aromatic rings. The Hall–Kier alpha value is -6.13. The number of benzene rings is 6. The number of hydrogen-bond acceptors (Lipinski definition) is 9. The average Bonchev–Trinajstić information content (AvgIpc) is 4.26. The maximum absolute atomic E-state index is 9.29. The first kappa shape index (κ1) is 55.5. The Labute approximate surface area is 413 Å². The number of aliphatic hydroxyl groups excluding tert-OH is 1. The van der Waals surface area contributed by atoms with E-state index in [1.54, 1.807) is 24.3 Å². The van der Waals surface area contributed by atoms with Gasteiger partial charge in [-0.05, 0) is 79.4 Å². The molecule has 0 atom stereocenters. The van der Waals surface area contributed by atoms with Crippen molar-refractivity contribution in [2.75, 3.05) is 66.1 Å². The van der Waals surface area contributed by atoms with Crippen LogP contribution in [0.5, 0.6) is 23.0 Å². The van der Waals surface area contributed by atoms with Crippen LogP contribution in [0, 0.1) is 24.7 Å². The number of ether oxygens (including phenoxy) is 5. The standard InChI is InChI=1S/C29H34O4Si.C18H24O2Si.C9H8O2.C2H4O/c1-5-20-31-25-16-18-26(19-17-25)32-23-21-30-22-24-33-34(29(2,3)4,27-12-8-6-9-13-27)28-14-10-7-11-15-28;1-18(2,3)21(20-15-14-19,16-10-6-4-7-11-16)17-12-8-5-9-13-17;1-2-7-11-9-5-3-8(10)4-6-9;1-2-3-1/h1,6-19H,20-24H2,2-4H3;4-13,19H,14-15H2,1-3H3;1,3-6,10H,7H2;1-2H2. The fourth-order valence-corrected chi connectivity index (χ4v) is 16.8. The van der Waals surface area contributed by atoms with Crippen LogP contribution in [-0.4, -0.2) is 92.9 Å². The van der Waals surface area contributed by atoms with Crippen LogP contribution in [0.15, 0.2) is 170 Å². The van der Waals surface area contributed by atoms with Crippen LogP contribution in [0.3, 0.4) is 0 Å². The molecule has 0 spiro atoms. The van der Waals surface area contributed by atoms with Crippen molar-refractivity contribution in [2.45, 2.75) is 51.6 Å². The SMILES string of the molecule is C#CCOc1ccc(O)cc1.C#CCOc1ccc(OCCOCCO[Si](c2ccccc2)(c2ccccc2)C(C)(C)C)cc1.C1CO1.CC(C)(C)[Si](OCCO)(c1ccccc1)c1ccccc1. The number of aromatic hydroxyl groups is 1. The van der Waals surface area contributed by atoms with Gasteiger partial charge in [-0.25, -0.2) is 0 Å². The molecule has 69 heavy (non-hydrogen) atoms. The van der Waals surface area contributed by atoms with Crippen LogP contribution in [0.25, 0.3) is 0 Å². The lowest BCUT2D eigenvalue weighted by Gasteiger charge is -2.43. The third-order valence-electron chi connectivity index (χ3n) is 10.8. The topological polar surface area (TPSA) is 108 Å². The summed E-state index contributed by atoms with van der Waals surface area (Å²) in [5.41, 5.74) is 0. The smallest absolute Gasteiger partial charge is 0.261 e. The minimum Gasteiger partial charge on any atom is -0.508 e. The Kier molecular flexibility index (Phi) is 23.3. The summed E-state index contributed by atoms with van der Waals surface area (Å²) in [6, 6.07) is 56.0. The van der Waals surface area contributed by atoms with Gasteiger partial charge in [0.15, 0.2) is 0 Å². The van der Waals surface area contributed by atoms with Crippen molar-refractivity contribution in [1.29, 1.82) is 0 Å². The zero-order valence-electron chi connectivity index (χ0n) is 41.1. The van der Waals surface area contributed by atoms with Gasteiger partial charge in [0, 0.05) is 0 Å². The number of phenolic OH excluding ortho intramolecular Hbond substituents is 1. The molecule has 6 aromatic carbocycles. The van der Waals surface area contributed by atoms with Gasteiger partial charge in [0.1, 0.15) is 42.8 Å². The largest absolute Gasteiger partial charge is 0.508 e. The predicted octanol–water partition coefficient (Wildman–Crippen LogP) is 8.65. The molecular weight excluding hydrogens is 897 g/mol.